The fourth-order valence-corrected chi connectivity index (χ4v) is 5.06. The number of aromatic carboxylic acids is 1. The number of hydrogen-bond donors (Lipinski definition) is 1. The molecule has 0 saturated heterocycles. The normalized spacial score (nSPS) is 11.3. The van der Waals surface area contributed by atoms with Crippen LogP contribution in [0.1, 0.15) is 10.4 Å². The number of rotatable bonds is 9. The van der Waals surface area contributed by atoms with Gasteiger partial charge in [-0.05, 0) is 35.9 Å². The maximum absolute atomic E-state index is 13.3. The molecule has 0 atom stereocenters. The predicted molar refractivity (Wildman–Crippen MR) is 146 cm³/mol. The SMILES string of the molecule is COc1ccc(-n2cc(-c3ccccc3S(=O)(=O)c3ccc(C(=O)[O-])cc3)nn2)c(OC)c1.C[N+](C)(C)CCO. The van der Waals surface area contributed by atoms with Crippen molar-refractivity contribution >= 4 is 15.8 Å². The van der Waals surface area contributed by atoms with Crippen LogP contribution in [0.4, 0.5) is 0 Å². The molecule has 11 nitrogen and oxygen atoms in total. The van der Waals surface area contributed by atoms with Crippen molar-refractivity contribution in [2.75, 3.05) is 48.5 Å². The van der Waals surface area contributed by atoms with E-state index in [1.165, 1.54) is 42.1 Å². The second-order valence-electron chi connectivity index (χ2n) is 9.64. The van der Waals surface area contributed by atoms with E-state index in [2.05, 4.69) is 31.5 Å². The molecule has 0 aliphatic heterocycles. The van der Waals surface area contributed by atoms with Crippen LogP contribution >= 0.6 is 0 Å². The summed E-state index contributed by atoms with van der Waals surface area (Å²) in [5.41, 5.74) is 1.16. The topological polar surface area (TPSA) is 144 Å². The first-order valence-corrected chi connectivity index (χ1v) is 13.6. The molecule has 212 valence electrons. The minimum absolute atomic E-state index is 0.0138. The second-order valence-corrected chi connectivity index (χ2v) is 11.6. The Balaban J connectivity index is 0.000000559. The lowest BCUT2D eigenvalue weighted by Gasteiger charge is -2.21. The van der Waals surface area contributed by atoms with Crippen molar-refractivity contribution in [1.29, 1.82) is 0 Å². The van der Waals surface area contributed by atoms with Gasteiger partial charge < -0.3 is 29.0 Å². The molecule has 4 rings (SSSR count). The van der Waals surface area contributed by atoms with Gasteiger partial charge in [0.25, 0.3) is 0 Å². The van der Waals surface area contributed by atoms with E-state index in [4.69, 9.17) is 14.6 Å². The Morgan fingerprint density at radius 1 is 1.00 bits per heavy atom. The third-order valence-corrected chi connectivity index (χ3v) is 7.58. The Kier molecular flexibility index (Phi) is 9.64. The van der Waals surface area contributed by atoms with Crippen molar-refractivity contribution < 1.29 is 37.4 Å². The van der Waals surface area contributed by atoms with Crippen LogP contribution in [0, 0.1) is 0 Å². The highest BCUT2D eigenvalue weighted by Gasteiger charge is 2.23. The molecule has 0 unspecified atom stereocenters. The molecule has 0 bridgehead atoms. The van der Waals surface area contributed by atoms with Crippen LogP contribution in [-0.4, -0.2) is 87.5 Å². The number of aliphatic hydroxyl groups is 1. The number of likely N-dealkylation sites (N-methyl/N-ethyl adjacent to an activating group) is 1. The number of nitrogens with zero attached hydrogens (tertiary/aromatic N) is 4. The molecule has 0 amide bonds. The molecule has 0 fully saturated rings. The molecule has 40 heavy (non-hydrogen) atoms. The smallest absolute Gasteiger partial charge is 0.207 e. The van der Waals surface area contributed by atoms with E-state index in [1.807, 2.05) is 0 Å². The molecule has 0 radical (unpaired) electrons. The lowest BCUT2D eigenvalue weighted by molar-refractivity contribution is -0.870. The maximum Gasteiger partial charge on any atom is 0.207 e. The molecule has 4 aromatic rings. The first-order valence-electron chi connectivity index (χ1n) is 12.1. The summed E-state index contributed by atoms with van der Waals surface area (Å²) in [4.78, 5) is 10.9. The van der Waals surface area contributed by atoms with Gasteiger partial charge in [0.1, 0.15) is 29.4 Å². The molecule has 0 spiro atoms. The van der Waals surface area contributed by atoms with E-state index < -0.39 is 15.8 Å². The number of hydrogen-bond acceptors (Lipinski definition) is 9. The van der Waals surface area contributed by atoms with Crippen LogP contribution in [0.5, 0.6) is 11.5 Å². The van der Waals surface area contributed by atoms with Crippen LogP contribution in [0.25, 0.3) is 16.9 Å². The van der Waals surface area contributed by atoms with Crippen molar-refractivity contribution in [3.63, 3.8) is 0 Å². The van der Waals surface area contributed by atoms with E-state index in [0.29, 0.717) is 28.4 Å². The van der Waals surface area contributed by atoms with Crippen molar-refractivity contribution in [2.45, 2.75) is 9.79 Å². The average molecular weight is 569 g/mol. The van der Waals surface area contributed by atoms with E-state index in [1.54, 1.807) is 49.7 Å². The highest BCUT2D eigenvalue weighted by molar-refractivity contribution is 7.91. The standard InChI is InChI=1S/C23H19N3O6S.C5H14NO/c1-31-16-9-12-20(21(13-16)32-2)26-14-19(24-25-26)18-5-3-4-6-22(18)33(29,30)17-10-7-15(8-11-17)23(27)28;1-6(2,3)4-5-7/h3-14H,1-2H3,(H,27,28);7H,4-5H2,1-3H3/q;+1/p-1. The van der Waals surface area contributed by atoms with Gasteiger partial charge in [-0.2, -0.15) is 0 Å². The number of aliphatic hydroxyl groups excluding tert-OH is 1. The maximum atomic E-state index is 13.3. The van der Waals surface area contributed by atoms with E-state index in [-0.39, 0.29) is 22.0 Å². The Morgan fingerprint density at radius 3 is 2.23 bits per heavy atom. The van der Waals surface area contributed by atoms with Crippen LogP contribution < -0.4 is 14.6 Å². The molecule has 1 N–H and O–H groups in total. The molecular formula is C28H32N4O7S. The number of ether oxygens (including phenoxy) is 2. The number of aromatic nitrogens is 3. The van der Waals surface area contributed by atoms with Gasteiger partial charge in [0.15, 0.2) is 0 Å². The average Bonchev–Trinajstić information content (AvgIpc) is 3.42. The van der Waals surface area contributed by atoms with Gasteiger partial charge in [-0.15, -0.1) is 5.10 Å². The Hall–Kier alpha value is -4.26. The van der Waals surface area contributed by atoms with Crippen molar-refractivity contribution in [3.05, 3.63) is 78.5 Å². The summed E-state index contributed by atoms with van der Waals surface area (Å²) in [7, 11) is 5.25. The van der Waals surface area contributed by atoms with Gasteiger partial charge >= 0.3 is 0 Å². The first kappa shape index (κ1) is 30.3. The molecular weight excluding hydrogens is 536 g/mol. The summed E-state index contributed by atoms with van der Waals surface area (Å²) >= 11 is 0. The van der Waals surface area contributed by atoms with Gasteiger partial charge in [-0.3, -0.25) is 0 Å². The van der Waals surface area contributed by atoms with Crippen LogP contribution in [0.3, 0.4) is 0 Å². The largest absolute Gasteiger partial charge is 0.545 e. The van der Waals surface area contributed by atoms with E-state index in [0.717, 1.165) is 11.0 Å². The van der Waals surface area contributed by atoms with Gasteiger partial charge in [0.2, 0.25) is 9.84 Å². The predicted octanol–water partition coefficient (Wildman–Crippen LogP) is 1.83. The highest BCUT2D eigenvalue weighted by atomic mass is 32.2. The summed E-state index contributed by atoms with van der Waals surface area (Å²) < 4.78 is 39.5. The molecule has 0 saturated carbocycles. The number of carboxylic acid groups (broad SMARTS) is 1. The molecule has 12 heteroatoms. The van der Waals surface area contributed by atoms with Gasteiger partial charge in [-0.25, -0.2) is 13.1 Å². The second kappa shape index (κ2) is 12.7. The van der Waals surface area contributed by atoms with Crippen molar-refractivity contribution in [3.8, 4) is 28.4 Å². The minimum Gasteiger partial charge on any atom is -0.545 e. The van der Waals surface area contributed by atoms with Gasteiger partial charge in [-0.1, -0.05) is 35.5 Å². The van der Waals surface area contributed by atoms with Gasteiger partial charge in [0.05, 0.1) is 63.9 Å². The number of carbonyl (C=O) groups is 1. The van der Waals surface area contributed by atoms with Crippen molar-refractivity contribution in [2.24, 2.45) is 0 Å². The number of sulfone groups is 1. The fraction of sp³-hybridized carbons (Fsp3) is 0.250. The summed E-state index contributed by atoms with van der Waals surface area (Å²) in [6.45, 7) is 1.11. The summed E-state index contributed by atoms with van der Waals surface area (Å²) in [5.74, 6) is -0.276. The zero-order valence-electron chi connectivity index (χ0n) is 22.9. The molecule has 0 aliphatic rings. The van der Waals surface area contributed by atoms with Crippen LogP contribution in [0.15, 0.2) is 82.7 Å². The zero-order valence-corrected chi connectivity index (χ0v) is 23.8. The Morgan fingerprint density at radius 2 is 1.68 bits per heavy atom. The molecule has 3 aromatic carbocycles. The fourth-order valence-electron chi connectivity index (χ4n) is 3.59. The molecule has 1 heterocycles. The number of carbonyl (C=O) groups excluding carboxylic acids is 1. The van der Waals surface area contributed by atoms with Crippen LogP contribution in [0.2, 0.25) is 0 Å². The lowest BCUT2D eigenvalue weighted by atomic mass is 10.2. The summed E-state index contributed by atoms with van der Waals surface area (Å²) in [6.07, 6.45) is 1.60. The molecule has 0 aliphatic carbocycles. The summed E-state index contributed by atoms with van der Waals surface area (Å²) in [5, 5.41) is 27.7. The van der Waals surface area contributed by atoms with Crippen LogP contribution in [-0.2, 0) is 9.84 Å². The van der Waals surface area contributed by atoms with Crippen molar-refractivity contribution in [1.82, 2.24) is 15.0 Å². The number of methoxy groups -OCH3 is 2. The third kappa shape index (κ3) is 7.23. The number of benzene rings is 3. The summed E-state index contributed by atoms with van der Waals surface area (Å²) in [6, 6.07) is 16.4. The molecule has 1 aromatic heterocycles. The van der Waals surface area contributed by atoms with E-state index in [9.17, 15) is 18.3 Å². The Labute approximate surface area is 233 Å². The number of quaternary nitrogens is 1. The first-order chi connectivity index (χ1) is 18.9. The monoisotopic (exact) mass is 568 g/mol. The highest BCUT2D eigenvalue weighted by Crippen LogP contribution is 2.32. The Bertz CT molecular complexity index is 1560. The zero-order chi connectivity index (χ0) is 29.5. The quantitative estimate of drug-likeness (QED) is 0.299. The number of carboxylic acids is 1. The minimum atomic E-state index is -3.97. The lowest BCUT2D eigenvalue weighted by Crippen LogP contribution is -2.36. The van der Waals surface area contributed by atoms with Gasteiger partial charge in [0, 0.05) is 11.6 Å². The van der Waals surface area contributed by atoms with E-state index >= 15 is 0 Å². The third-order valence-electron chi connectivity index (χ3n) is 5.75.